The predicted octanol–water partition coefficient (Wildman–Crippen LogP) is 3.74. The first-order valence-electron chi connectivity index (χ1n) is 7.51. The minimum atomic E-state index is -6.86. The van der Waals surface area contributed by atoms with Gasteiger partial charge in [-0.1, -0.05) is 0 Å². The smallest absolute Gasteiger partial charge is 0.270 e. The zero-order valence-electron chi connectivity index (χ0n) is 15.1. The first-order valence-corrected chi connectivity index (χ1v) is 10.7. The number of hydrogen-bond acceptors (Lipinski definition) is 6. The van der Waals surface area contributed by atoms with Crippen molar-refractivity contribution in [3.8, 4) is 0 Å². The number of hydrogen-bond donors (Lipinski definition) is 0. The van der Waals surface area contributed by atoms with Crippen LogP contribution >= 0.6 is 0 Å². The Kier molecular flexibility index (Phi) is 9.14. The second-order valence-electron chi connectivity index (χ2n) is 5.95. The van der Waals surface area contributed by atoms with Crippen molar-refractivity contribution in [2.75, 3.05) is 24.7 Å². The van der Waals surface area contributed by atoms with E-state index in [1.54, 1.807) is 0 Å². The Morgan fingerprint density at radius 3 is 0.939 bits per heavy atom. The molecule has 0 aliphatic carbocycles. The second kappa shape index (κ2) is 9.47. The van der Waals surface area contributed by atoms with E-state index in [2.05, 4.69) is 8.37 Å². The summed E-state index contributed by atoms with van der Waals surface area (Å²) < 4.78 is 226. The van der Waals surface area contributed by atoms with Crippen molar-refractivity contribution in [2.24, 2.45) is 0 Å². The SMILES string of the molecule is O=S(=O)(CC(F)(F)C(F)(F)C(F)(F)F)OCCCOS(=O)(=O)CC(F)(F)C(F)(F)C(F)(F)F. The molecule has 0 aliphatic rings. The lowest BCUT2D eigenvalue weighted by molar-refractivity contribution is -0.349. The summed E-state index contributed by atoms with van der Waals surface area (Å²) in [4.78, 5) is 0. The summed E-state index contributed by atoms with van der Waals surface area (Å²) in [6.45, 7) is -2.97. The Balaban J connectivity index is 4.90. The molecule has 0 aromatic heterocycles. The molecule has 0 spiro atoms. The Bertz CT molecular complexity index is 802. The van der Waals surface area contributed by atoms with Crippen LogP contribution in [-0.4, -0.2) is 77.6 Å². The molecule has 0 fully saturated rings. The minimum Gasteiger partial charge on any atom is -0.270 e. The molecule has 0 rings (SSSR count). The van der Waals surface area contributed by atoms with Crippen LogP contribution in [-0.2, 0) is 28.6 Å². The van der Waals surface area contributed by atoms with Crippen LogP contribution in [0.2, 0.25) is 0 Å². The van der Waals surface area contributed by atoms with Gasteiger partial charge in [0.15, 0.2) is 0 Å². The highest BCUT2D eigenvalue weighted by atomic mass is 32.2. The van der Waals surface area contributed by atoms with Crippen molar-refractivity contribution in [2.45, 2.75) is 42.5 Å². The fourth-order valence-corrected chi connectivity index (χ4v) is 3.71. The molecule has 0 saturated carbocycles. The summed E-state index contributed by atoms with van der Waals surface area (Å²) in [5.41, 5.74) is 0. The van der Waals surface area contributed by atoms with Gasteiger partial charge in [-0.15, -0.1) is 0 Å². The maximum absolute atomic E-state index is 13.0. The molecule has 0 aliphatic heterocycles. The van der Waals surface area contributed by atoms with Crippen LogP contribution < -0.4 is 0 Å². The molecule has 0 heterocycles. The van der Waals surface area contributed by atoms with Crippen molar-refractivity contribution in [3.63, 3.8) is 0 Å². The third-order valence-electron chi connectivity index (χ3n) is 3.16. The van der Waals surface area contributed by atoms with Crippen LogP contribution in [0.5, 0.6) is 0 Å². The molecule has 0 atom stereocenters. The van der Waals surface area contributed by atoms with E-state index in [0.29, 0.717) is 0 Å². The minimum absolute atomic E-state index is 1.14. The normalized spacial score (nSPS) is 15.7. The van der Waals surface area contributed by atoms with E-state index >= 15 is 0 Å². The molecular formula is C11H10F14O6S2. The first-order chi connectivity index (χ1) is 14.1. The van der Waals surface area contributed by atoms with Crippen LogP contribution in [0.4, 0.5) is 61.5 Å². The molecule has 22 heteroatoms. The quantitative estimate of drug-likeness (QED) is 0.203. The molecule has 0 aromatic rings. The van der Waals surface area contributed by atoms with Crippen LogP contribution in [0, 0.1) is 0 Å². The fourth-order valence-electron chi connectivity index (χ4n) is 1.55. The van der Waals surface area contributed by atoms with Crippen molar-refractivity contribution in [1.29, 1.82) is 0 Å². The molecule has 200 valence electrons. The van der Waals surface area contributed by atoms with Gasteiger partial charge in [0.2, 0.25) is 0 Å². The fraction of sp³-hybridized carbons (Fsp3) is 1.00. The Hall–Kier alpha value is -1.16. The van der Waals surface area contributed by atoms with Crippen LogP contribution in [0.25, 0.3) is 0 Å². The highest BCUT2D eigenvalue weighted by molar-refractivity contribution is 7.87. The van der Waals surface area contributed by atoms with Gasteiger partial charge in [0.05, 0.1) is 13.2 Å². The van der Waals surface area contributed by atoms with Crippen molar-refractivity contribution in [3.05, 3.63) is 0 Å². The molecular weight excluding hydrogens is 558 g/mol. The van der Waals surface area contributed by atoms with Gasteiger partial charge in [0.1, 0.15) is 11.5 Å². The highest BCUT2D eigenvalue weighted by Gasteiger charge is 2.74. The van der Waals surface area contributed by atoms with Crippen molar-refractivity contribution < 1.29 is 86.7 Å². The summed E-state index contributed by atoms with van der Waals surface area (Å²) in [5.74, 6) is -32.5. The van der Waals surface area contributed by atoms with Gasteiger partial charge >= 0.3 is 36.0 Å². The Morgan fingerprint density at radius 2 is 0.727 bits per heavy atom. The van der Waals surface area contributed by atoms with Gasteiger partial charge in [-0.2, -0.15) is 78.3 Å². The van der Waals surface area contributed by atoms with E-state index in [0.717, 1.165) is 0 Å². The summed E-state index contributed by atoms with van der Waals surface area (Å²) in [6, 6.07) is 0. The molecule has 33 heavy (non-hydrogen) atoms. The molecule has 0 unspecified atom stereocenters. The highest BCUT2D eigenvalue weighted by Crippen LogP contribution is 2.48. The lowest BCUT2D eigenvalue weighted by Crippen LogP contribution is -2.55. The summed E-state index contributed by atoms with van der Waals surface area (Å²) >= 11 is 0. The molecule has 0 aromatic carbocycles. The summed E-state index contributed by atoms with van der Waals surface area (Å²) in [7, 11) is -11.7. The maximum Gasteiger partial charge on any atom is 0.459 e. The van der Waals surface area contributed by atoms with E-state index in [-0.39, 0.29) is 0 Å². The average molecular weight is 568 g/mol. The van der Waals surface area contributed by atoms with Gasteiger partial charge < -0.3 is 0 Å². The standard InChI is InChI=1S/C11H10F14O6S2/c12-6(13,8(16,17)10(20,21)22)4-32(26,27)30-2-1-3-31-33(28,29)5-7(14,15)9(18,19)11(23,24)25/h1-5H2. The molecule has 0 N–H and O–H groups in total. The van der Waals surface area contributed by atoms with Gasteiger partial charge in [-0.3, -0.25) is 8.37 Å². The van der Waals surface area contributed by atoms with Crippen LogP contribution in [0.1, 0.15) is 6.42 Å². The van der Waals surface area contributed by atoms with Crippen LogP contribution in [0.15, 0.2) is 0 Å². The second-order valence-corrected chi connectivity index (χ2v) is 9.23. The van der Waals surface area contributed by atoms with E-state index in [1.807, 2.05) is 0 Å². The number of halogens is 14. The zero-order chi connectivity index (χ0) is 26.9. The molecule has 0 saturated heterocycles. The third kappa shape index (κ3) is 7.94. The number of rotatable bonds is 12. The Labute approximate surface area is 175 Å². The average Bonchev–Trinajstić information content (AvgIpc) is 2.49. The largest absolute Gasteiger partial charge is 0.459 e. The van der Waals surface area contributed by atoms with Gasteiger partial charge in [-0.25, -0.2) is 0 Å². The predicted molar refractivity (Wildman–Crippen MR) is 76.0 cm³/mol. The molecule has 0 amide bonds. The lowest BCUT2D eigenvalue weighted by Gasteiger charge is -2.27. The maximum atomic E-state index is 13.0. The lowest BCUT2D eigenvalue weighted by atomic mass is 10.2. The van der Waals surface area contributed by atoms with E-state index in [4.69, 9.17) is 0 Å². The van der Waals surface area contributed by atoms with E-state index in [9.17, 15) is 78.3 Å². The molecule has 0 bridgehead atoms. The van der Waals surface area contributed by atoms with Gasteiger partial charge in [0.25, 0.3) is 20.2 Å². The zero-order valence-corrected chi connectivity index (χ0v) is 16.7. The number of alkyl halides is 14. The summed E-state index contributed by atoms with van der Waals surface area (Å²) in [6.07, 6.45) is -14.9. The van der Waals surface area contributed by atoms with Crippen molar-refractivity contribution in [1.82, 2.24) is 0 Å². The summed E-state index contributed by atoms with van der Waals surface area (Å²) in [5, 5.41) is 0. The van der Waals surface area contributed by atoms with E-state index < -0.39 is 87.4 Å². The molecule has 6 nitrogen and oxygen atoms in total. The van der Waals surface area contributed by atoms with Gasteiger partial charge in [-0.05, 0) is 6.42 Å². The van der Waals surface area contributed by atoms with Crippen LogP contribution in [0.3, 0.4) is 0 Å². The monoisotopic (exact) mass is 568 g/mol. The Morgan fingerprint density at radius 1 is 0.485 bits per heavy atom. The van der Waals surface area contributed by atoms with Gasteiger partial charge in [0, 0.05) is 0 Å². The first kappa shape index (κ1) is 31.8. The third-order valence-corrected chi connectivity index (χ3v) is 5.65. The molecule has 0 radical (unpaired) electrons. The van der Waals surface area contributed by atoms with Crippen molar-refractivity contribution >= 4 is 20.2 Å². The topological polar surface area (TPSA) is 86.7 Å². The van der Waals surface area contributed by atoms with E-state index in [1.165, 1.54) is 0 Å².